The van der Waals surface area contributed by atoms with E-state index in [2.05, 4.69) is 16.9 Å². The molecule has 2 aromatic heterocycles. The van der Waals surface area contributed by atoms with E-state index in [0.29, 0.717) is 18.5 Å². The van der Waals surface area contributed by atoms with Crippen molar-refractivity contribution in [3.8, 4) is 0 Å². The number of nitrogens with zero attached hydrogens (tertiary/aromatic N) is 3. The van der Waals surface area contributed by atoms with Crippen molar-refractivity contribution in [2.45, 2.75) is 20.4 Å². The van der Waals surface area contributed by atoms with Crippen molar-refractivity contribution in [1.29, 1.82) is 0 Å². The zero-order valence-corrected chi connectivity index (χ0v) is 10.5. The number of aromatic nitrogens is 3. The Hall–Kier alpha value is -1.62. The molecule has 0 saturated carbocycles. The summed E-state index contributed by atoms with van der Waals surface area (Å²) in [5.74, 6) is 0.892. The Morgan fingerprint density at radius 2 is 2.18 bits per heavy atom. The Kier molecular flexibility index (Phi) is 3.28. The summed E-state index contributed by atoms with van der Waals surface area (Å²) in [6.07, 6.45) is 0. The van der Waals surface area contributed by atoms with Gasteiger partial charge in [-0.25, -0.2) is 9.97 Å². The summed E-state index contributed by atoms with van der Waals surface area (Å²) >= 11 is 0. The number of ether oxygens (including phenoxy) is 1. The molecule has 0 bridgehead atoms. The Morgan fingerprint density at radius 3 is 2.88 bits per heavy atom. The van der Waals surface area contributed by atoms with Crippen LogP contribution < -0.4 is 5.73 Å². The van der Waals surface area contributed by atoms with E-state index >= 15 is 0 Å². The normalized spacial score (nSPS) is 13.1. The molecular weight excluding hydrogens is 216 g/mol. The molecule has 2 heterocycles. The zero-order chi connectivity index (χ0) is 12.4. The first-order valence-electron chi connectivity index (χ1n) is 5.70. The first-order chi connectivity index (χ1) is 8.11. The zero-order valence-electron chi connectivity index (χ0n) is 10.5. The molecule has 0 radical (unpaired) electrons. The van der Waals surface area contributed by atoms with E-state index in [1.807, 2.05) is 23.6 Å². The van der Waals surface area contributed by atoms with E-state index in [-0.39, 0.29) is 0 Å². The summed E-state index contributed by atoms with van der Waals surface area (Å²) in [6, 6.07) is 3.89. The van der Waals surface area contributed by atoms with E-state index in [1.54, 1.807) is 7.11 Å². The molecule has 0 aliphatic rings. The van der Waals surface area contributed by atoms with E-state index in [9.17, 15) is 0 Å². The van der Waals surface area contributed by atoms with Crippen LogP contribution in [-0.2, 0) is 11.3 Å². The van der Waals surface area contributed by atoms with Gasteiger partial charge in [0.2, 0.25) is 5.95 Å². The van der Waals surface area contributed by atoms with Crippen LogP contribution in [0.5, 0.6) is 0 Å². The molecule has 2 N–H and O–H groups in total. The number of nitrogens with two attached hydrogens (primary N) is 1. The van der Waals surface area contributed by atoms with Gasteiger partial charge in [-0.3, -0.25) is 4.57 Å². The molecule has 1 unspecified atom stereocenters. The standard InChI is InChI=1S/C12H18N4O/c1-8(7-17-3)6-16-11-10(15-12(16)13)5-4-9(2)14-11/h4-5,8H,6-7H2,1-3H3,(H2,13,15). The molecule has 0 aliphatic carbocycles. The summed E-state index contributed by atoms with van der Waals surface area (Å²) in [5.41, 5.74) is 8.59. The molecule has 5 heteroatoms. The molecule has 2 aromatic rings. The average molecular weight is 234 g/mol. The molecule has 2 rings (SSSR count). The molecule has 0 spiro atoms. The van der Waals surface area contributed by atoms with Crippen LogP contribution in [0.25, 0.3) is 11.2 Å². The number of hydrogen-bond donors (Lipinski definition) is 1. The predicted molar refractivity (Wildman–Crippen MR) is 67.7 cm³/mol. The third-order valence-corrected chi connectivity index (χ3v) is 2.71. The maximum atomic E-state index is 5.92. The fourth-order valence-electron chi connectivity index (χ4n) is 1.94. The van der Waals surface area contributed by atoms with Crippen molar-refractivity contribution in [2.24, 2.45) is 5.92 Å². The highest BCUT2D eigenvalue weighted by molar-refractivity contribution is 5.74. The van der Waals surface area contributed by atoms with Gasteiger partial charge in [0.05, 0.1) is 6.61 Å². The largest absolute Gasteiger partial charge is 0.384 e. The van der Waals surface area contributed by atoms with Crippen molar-refractivity contribution in [3.63, 3.8) is 0 Å². The predicted octanol–water partition coefficient (Wildman–Crippen LogP) is 1.60. The minimum absolute atomic E-state index is 0.377. The first-order valence-corrected chi connectivity index (χ1v) is 5.70. The van der Waals surface area contributed by atoms with Crippen molar-refractivity contribution < 1.29 is 4.74 Å². The summed E-state index contributed by atoms with van der Waals surface area (Å²) in [7, 11) is 1.70. The second kappa shape index (κ2) is 4.71. The molecule has 1 atom stereocenters. The van der Waals surface area contributed by atoms with E-state index in [0.717, 1.165) is 23.4 Å². The minimum atomic E-state index is 0.377. The van der Waals surface area contributed by atoms with Gasteiger partial charge in [0, 0.05) is 19.3 Å². The Balaban J connectivity index is 2.38. The van der Waals surface area contributed by atoms with Gasteiger partial charge in [-0.2, -0.15) is 0 Å². The van der Waals surface area contributed by atoms with Gasteiger partial charge in [-0.1, -0.05) is 6.92 Å². The third-order valence-electron chi connectivity index (χ3n) is 2.71. The quantitative estimate of drug-likeness (QED) is 0.872. The number of nitrogen functional groups attached to an aromatic ring is 1. The van der Waals surface area contributed by atoms with Crippen LogP contribution in [-0.4, -0.2) is 28.3 Å². The van der Waals surface area contributed by atoms with Crippen molar-refractivity contribution in [3.05, 3.63) is 17.8 Å². The Labute approximate surface area is 101 Å². The SMILES string of the molecule is COCC(C)Cn1c(N)nc2ccc(C)nc21. The van der Waals surface area contributed by atoms with Crippen LogP contribution in [0.4, 0.5) is 5.95 Å². The van der Waals surface area contributed by atoms with Gasteiger partial charge in [0.1, 0.15) is 5.52 Å². The molecule has 5 nitrogen and oxygen atoms in total. The monoisotopic (exact) mass is 234 g/mol. The number of pyridine rings is 1. The highest BCUT2D eigenvalue weighted by Gasteiger charge is 2.12. The lowest BCUT2D eigenvalue weighted by atomic mass is 10.2. The number of aryl methyl sites for hydroxylation is 1. The highest BCUT2D eigenvalue weighted by atomic mass is 16.5. The second-order valence-electron chi connectivity index (χ2n) is 4.44. The molecule has 0 saturated heterocycles. The topological polar surface area (TPSA) is 66.0 Å². The molecule has 0 aromatic carbocycles. The van der Waals surface area contributed by atoms with E-state index < -0.39 is 0 Å². The molecule has 0 aliphatic heterocycles. The number of fused-ring (bicyclic) bond motifs is 1. The van der Waals surface area contributed by atoms with Crippen LogP contribution in [0.2, 0.25) is 0 Å². The fraction of sp³-hybridized carbons (Fsp3) is 0.500. The number of methoxy groups -OCH3 is 1. The van der Waals surface area contributed by atoms with Crippen LogP contribution in [0.1, 0.15) is 12.6 Å². The molecular formula is C12H18N4O. The van der Waals surface area contributed by atoms with Gasteiger partial charge in [-0.05, 0) is 25.0 Å². The molecule has 0 fully saturated rings. The second-order valence-corrected chi connectivity index (χ2v) is 4.44. The van der Waals surface area contributed by atoms with Crippen LogP contribution in [0, 0.1) is 12.8 Å². The molecule has 0 amide bonds. The van der Waals surface area contributed by atoms with Gasteiger partial charge < -0.3 is 10.5 Å². The summed E-state index contributed by atoms with van der Waals surface area (Å²) in [6.45, 7) is 5.55. The maximum absolute atomic E-state index is 5.92. The lowest BCUT2D eigenvalue weighted by Crippen LogP contribution is -2.14. The lowest BCUT2D eigenvalue weighted by molar-refractivity contribution is 0.152. The average Bonchev–Trinajstić information content (AvgIpc) is 2.56. The smallest absolute Gasteiger partial charge is 0.202 e. The Bertz CT molecular complexity index is 520. The van der Waals surface area contributed by atoms with Gasteiger partial charge in [0.15, 0.2) is 5.65 Å². The number of imidazole rings is 1. The summed E-state index contributed by atoms with van der Waals surface area (Å²) in [5, 5.41) is 0. The molecule has 17 heavy (non-hydrogen) atoms. The number of hydrogen-bond acceptors (Lipinski definition) is 4. The van der Waals surface area contributed by atoms with Crippen molar-refractivity contribution >= 4 is 17.1 Å². The first kappa shape index (κ1) is 11.9. The lowest BCUT2D eigenvalue weighted by Gasteiger charge is -2.12. The van der Waals surface area contributed by atoms with Crippen molar-refractivity contribution in [1.82, 2.24) is 14.5 Å². The van der Waals surface area contributed by atoms with Crippen LogP contribution in [0.3, 0.4) is 0 Å². The van der Waals surface area contributed by atoms with E-state index in [1.165, 1.54) is 0 Å². The van der Waals surface area contributed by atoms with Gasteiger partial charge in [0.25, 0.3) is 0 Å². The number of anilines is 1. The summed E-state index contributed by atoms with van der Waals surface area (Å²) < 4.78 is 7.08. The third kappa shape index (κ3) is 2.39. The van der Waals surface area contributed by atoms with Gasteiger partial charge in [-0.15, -0.1) is 0 Å². The van der Waals surface area contributed by atoms with E-state index in [4.69, 9.17) is 10.5 Å². The highest BCUT2D eigenvalue weighted by Crippen LogP contribution is 2.18. The molecule has 92 valence electrons. The maximum Gasteiger partial charge on any atom is 0.202 e. The van der Waals surface area contributed by atoms with Crippen LogP contribution in [0.15, 0.2) is 12.1 Å². The minimum Gasteiger partial charge on any atom is -0.384 e. The fourth-order valence-corrected chi connectivity index (χ4v) is 1.94. The van der Waals surface area contributed by atoms with Crippen LogP contribution >= 0.6 is 0 Å². The Morgan fingerprint density at radius 1 is 1.41 bits per heavy atom. The summed E-state index contributed by atoms with van der Waals surface area (Å²) in [4.78, 5) is 8.79. The van der Waals surface area contributed by atoms with Gasteiger partial charge >= 0.3 is 0 Å². The van der Waals surface area contributed by atoms with Crippen molar-refractivity contribution in [2.75, 3.05) is 19.5 Å². The number of rotatable bonds is 4.